The predicted octanol–water partition coefficient (Wildman–Crippen LogP) is 5.09. The van der Waals surface area contributed by atoms with Crippen molar-refractivity contribution in [3.63, 3.8) is 0 Å². The van der Waals surface area contributed by atoms with E-state index in [1.807, 2.05) is 0 Å². The first-order valence-electron chi connectivity index (χ1n) is 6.88. The molecule has 2 aromatic carbocycles. The van der Waals surface area contributed by atoms with Crippen LogP contribution in [-0.2, 0) is 0 Å². The maximum Gasteiger partial charge on any atom is 0.0490 e. The van der Waals surface area contributed by atoms with E-state index in [0.29, 0.717) is 6.04 Å². The first kappa shape index (κ1) is 13.7. The highest BCUT2D eigenvalue weighted by Crippen LogP contribution is 2.26. The molecule has 0 aliphatic rings. The molecular formula is C18H23N. The van der Waals surface area contributed by atoms with Crippen molar-refractivity contribution in [2.24, 2.45) is 0 Å². The Morgan fingerprint density at radius 3 is 2.05 bits per heavy atom. The predicted molar refractivity (Wildman–Crippen MR) is 83.9 cm³/mol. The molecule has 1 N–H and O–H groups in total. The lowest BCUT2D eigenvalue weighted by Crippen LogP contribution is -2.10. The van der Waals surface area contributed by atoms with Gasteiger partial charge in [0.15, 0.2) is 0 Å². The zero-order chi connectivity index (χ0) is 14.0. The van der Waals surface area contributed by atoms with Gasteiger partial charge in [-0.2, -0.15) is 0 Å². The summed E-state index contributed by atoms with van der Waals surface area (Å²) in [6.45, 7) is 10.9. The van der Waals surface area contributed by atoms with Crippen molar-refractivity contribution in [3.8, 4) is 0 Å². The van der Waals surface area contributed by atoms with Crippen molar-refractivity contribution in [1.29, 1.82) is 0 Å². The van der Waals surface area contributed by atoms with E-state index in [9.17, 15) is 0 Å². The molecule has 19 heavy (non-hydrogen) atoms. The molecule has 0 saturated heterocycles. The highest BCUT2D eigenvalue weighted by atomic mass is 14.9. The van der Waals surface area contributed by atoms with Crippen LogP contribution in [0, 0.1) is 27.7 Å². The molecule has 1 nitrogen and oxygen atoms in total. The van der Waals surface area contributed by atoms with E-state index in [2.05, 4.69) is 76.3 Å². The third kappa shape index (κ3) is 3.17. The molecule has 0 heterocycles. The van der Waals surface area contributed by atoms with Gasteiger partial charge in [-0.15, -0.1) is 0 Å². The quantitative estimate of drug-likeness (QED) is 0.803. The first-order chi connectivity index (χ1) is 8.97. The Morgan fingerprint density at radius 1 is 0.842 bits per heavy atom. The molecular weight excluding hydrogens is 230 g/mol. The third-order valence-corrected chi connectivity index (χ3v) is 3.57. The molecule has 1 heteroatoms. The fourth-order valence-corrected chi connectivity index (χ4v) is 2.93. The standard InChI is InChI=1S/C18H23N/c1-12-7-6-8-17(11-12)19-16(5)18-14(3)9-13(2)10-15(18)4/h6-11,16,19H,1-5H3. The van der Waals surface area contributed by atoms with Crippen LogP contribution in [0.1, 0.15) is 40.8 Å². The monoisotopic (exact) mass is 253 g/mol. The minimum atomic E-state index is 0.322. The number of hydrogen-bond donors (Lipinski definition) is 1. The molecule has 1 unspecified atom stereocenters. The Labute approximate surface area is 116 Å². The number of hydrogen-bond acceptors (Lipinski definition) is 1. The summed E-state index contributed by atoms with van der Waals surface area (Å²) in [5.41, 5.74) is 7.95. The minimum absolute atomic E-state index is 0.322. The summed E-state index contributed by atoms with van der Waals surface area (Å²) >= 11 is 0. The van der Waals surface area contributed by atoms with Gasteiger partial charge in [-0.05, 0) is 69.0 Å². The van der Waals surface area contributed by atoms with Crippen molar-refractivity contribution in [2.75, 3.05) is 5.32 Å². The van der Waals surface area contributed by atoms with E-state index in [-0.39, 0.29) is 0 Å². The Morgan fingerprint density at radius 2 is 1.47 bits per heavy atom. The van der Waals surface area contributed by atoms with E-state index in [1.165, 1.54) is 33.5 Å². The van der Waals surface area contributed by atoms with Gasteiger partial charge in [0.2, 0.25) is 0 Å². The summed E-state index contributed by atoms with van der Waals surface area (Å²) in [4.78, 5) is 0. The molecule has 0 spiro atoms. The Kier molecular flexibility index (Phi) is 3.94. The maximum atomic E-state index is 3.60. The molecule has 0 aliphatic carbocycles. The molecule has 0 fully saturated rings. The molecule has 0 saturated carbocycles. The number of benzene rings is 2. The van der Waals surface area contributed by atoms with Crippen molar-refractivity contribution in [1.82, 2.24) is 0 Å². The lowest BCUT2D eigenvalue weighted by Gasteiger charge is -2.21. The molecule has 0 amide bonds. The Hall–Kier alpha value is -1.76. The average molecular weight is 253 g/mol. The lowest BCUT2D eigenvalue weighted by atomic mass is 9.94. The summed E-state index contributed by atoms with van der Waals surface area (Å²) in [6, 6.07) is 13.4. The van der Waals surface area contributed by atoms with E-state index in [0.717, 1.165) is 0 Å². The van der Waals surface area contributed by atoms with E-state index < -0.39 is 0 Å². The smallest absolute Gasteiger partial charge is 0.0490 e. The van der Waals surface area contributed by atoms with Crippen molar-refractivity contribution >= 4 is 5.69 Å². The highest BCUT2D eigenvalue weighted by molar-refractivity contribution is 5.49. The van der Waals surface area contributed by atoms with Gasteiger partial charge in [-0.25, -0.2) is 0 Å². The summed E-state index contributed by atoms with van der Waals surface area (Å²) in [5.74, 6) is 0. The Balaban J connectivity index is 2.28. The summed E-state index contributed by atoms with van der Waals surface area (Å²) in [5, 5.41) is 3.60. The van der Waals surface area contributed by atoms with Crippen LogP contribution >= 0.6 is 0 Å². The van der Waals surface area contributed by atoms with E-state index in [1.54, 1.807) is 0 Å². The van der Waals surface area contributed by atoms with Gasteiger partial charge in [0.1, 0.15) is 0 Å². The van der Waals surface area contributed by atoms with E-state index in [4.69, 9.17) is 0 Å². The second-order valence-electron chi connectivity index (χ2n) is 5.55. The summed E-state index contributed by atoms with van der Waals surface area (Å²) in [6.07, 6.45) is 0. The molecule has 0 radical (unpaired) electrons. The van der Waals surface area contributed by atoms with Crippen LogP contribution in [0.3, 0.4) is 0 Å². The molecule has 1 atom stereocenters. The molecule has 2 aromatic rings. The van der Waals surface area contributed by atoms with Crippen molar-refractivity contribution < 1.29 is 0 Å². The molecule has 100 valence electrons. The fourth-order valence-electron chi connectivity index (χ4n) is 2.93. The van der Waals surface area contributed by atoms with Crippen LogP contribution in [0.4, 0.5) is 5.69 Å². The number of nitrogens with one attached hydrogen (secondary N) is 1. The molecule has 0 bridgehead atoms. The SMILES string of the molecule is Cc1cccc(NC(C)c2c(C)cc(C)cc2C)c1. The fraction of sp³-hybridized carbons (Fsp3) is 0.333. The van der Waals surface area contributed by atoms with Crippen molar-refractivity contribution in [2.45, 2.75) is 40.7 Å². The number of rotatable bonds is 3. The van der Waals surface area contributed by atoms with E-state index >= 15 is 0 Å². The van der Waals surface area contributed by atoms with Gasteiger partial charge < -0.3 is 5.32 Å². The normalized spacial score (nSPS) is 12.3. The second kappa shape index (κ2) is 5.48. The third-order valence-electron chi connectivity index (χ3n) is 3.57. The van der Waals surface area contributed by atoms with Crippen LogP contribution in [0.25, 0.3) is 0 Å². The second-order valence-corrected chi connectivity index (χ2v) is 5.55. The van der Waals surface area contributed by atoms with Crippen LogP contribution in [-0.4, -0.2) is 0 Å². The van der Waals surface area contributed by atoms with Gasteiger partial charge in [0.25, 0.3) is 0 Å². The van der Waals surface area contributed by atoms with Gasteiger partial charge in [0.05, 0.1) is 0 Å². The van der Waals surface area contributed by atoms with Gasteiger partial charge in [-0.1, -0.05) is 29.8 Å². The van der Waals surface area contributed by atoms with Gasteiger partial charge in [0, 0.05) is 11.7 Å². The van der Waals surface area contributed by atoms with Gasteiger partial charge >= 0.3 is 0 Å². The average Bonchev–Trinajstić information content (AvgIpc) is 2.27. The van der Waals surface area contributed by atoms with Crippen molar-refractivity contribution in [3.05, 3.63) is 64.2 Å². The largest absolute Gasteiger partial charge is 0.378 e. The molecule has 2 rings (SSSR count). The summed E-state index contributed by atoms with van der Waals surface area (Å²) < 4.78 is 0. The topological polar surface area (TPSA) is 12.0 Å². The zero-order valence-electron chi connectivity index (χ0n) is 12.5. The summed E-state index contributed by atoms with van der Waals surface area (Å²) in [7, 11) is 0. The zero-order valence-corrected chi connectivity index (χ0v) is 12.5. The van der Waals surface area contributed by atoms with Crippen LogP contribution in [0.5, 0.6) is 0 Å². The number of aryl methyl sites for hydroxylation is 4. The molecule has 0 aliphatic heterocycles. The van der Waals surface area contributed by atoms with Crippen LogP contribution in [0.15, 0.2) is 36.4 Å². The maximum absolute atomic E-state index is 3.60. The van der Waals surface area contributed by atoms with Crippen LogP contribution < -0.4 is 5.32 Å². The Bertz CT molecular complexity index is 561. The highest BCUT2D eigenvalue weighted by Gasteiger charge is 2.11. The lowest BCUT2D eigenvalue weighted by molar-refractivity contribution is 0.862. The van der Waals surface area contributed by atoms with Crippen LogP contribution in [0.2, 0.25) is 0 Å². The minimum Gasteiger partial charge on any atom is -0.378 e. The van der Waals surface area contributed by atoms with Gasteiger partial charge in [-0.3, -0.25) is 0 Å². The number of anilines is 1. The molecule has 0 aromatic heterocycles. The first-order valence-corrected chi connectivity index (χ1v) is 6.88.